The van der Waals surface area contributed by atoms with E-state index in [1.807, 2.05) is 0 Å². The number of halogens is 4. The summed E-state index contributed by atoms with van der Waals surface area (Å²) < 4.78 is 57.8. The average molecular weight is 287 g/mol. The third-order valence-corrected chi connectivity index (χ3v) is 1.69. The molecule has 1 N–H and O–H groups in total. The normalized spacial score (nSPS) is 13.4. The van der Waals surface area contributed by atoms with Crippen molar-refractivity contribution < 1.29 is 36.6 Å². The van der Waals surface area contributed by atoms with E-state index in [0.717, 1.165) is 6.92 Å². The number of esters is 1. The summed E-state index contributed by atoms with van der Waals surface area (Å²) in [4.78, 5) is 21.9. The van der Waals surface area contributed by atoms with Gasteiger partial charge in [0.2, 0.25) is 0 Å². The van der Waals surface area contributed by atoms with Crippen LogP contribution >= 0.6 is 0 Å². The second-order valence-corrected chi connectivity index (χ2v) is 3.77. The van der Waals surface area contributed by atoms with Gasteiger partial charge in [0.25, 0.3) is 0 Å². The van der Waals surface area contributed by atoms with Crippen LogP contribution in [0.25, 0.3) is 0 Å². The SMILES string of the molecule is C=C(C)C(=O)OC(C)NC(=O)OC(F)(F)C(C)(F)F. The summed E-state index contributed by atoms with van der Waals surface area (Å²) in [7, 11) is 0. The van der Waals surface area contributed by atoms with Gasteiger partial charge in [-0.2, -0.15) is 17.6 Å². The summed E-state index contributed by atoms with van der Waals surface area (Å²) in [5.41, 5.74) is 0.00689. The topological polar surface area (TPSA) is 64.6 Å². The zero-order valence-corrected chi connectivity index (χ0v) is 10.4. The molecule has 1 atom stereocenters. The summed E-state index contributed by atoms with van der Waals surface area (Å²) >= 11 is 0. The Labute approximate surface area is 106 Å². The van der Waals surface area contributed by atoms with Crippen molar-refractivity contribution >= 4 is 12.1 Å². The zero-order chi connectivity index (χ0) is 15.4. The highest BCUT2D eigenvalue weighted by atomic mass is 19.3. The second kappa shape index (κ2) is 5.89. The van der Waals surface area contributed by atoms with Crippen LogP contribution in [0.2, 0.25) is 0 Å². The maximum atomic E-state index is 12.7. The van der Waals surface area contributed by atoms with E-state index in [0.29, 0.717) is 0 Å². The van der Waals surface area contributed by atoms with Crippen molar-refractivity contribution in [2.24, 2.45) is 0 Å². The molecule has 110 valence electrons. The molecule has 0 saturated heterocycles. The lowest BCUT2D eigenvalue weighted by molar-refractivity contribution is -0.314. The van der Waals surface area contributed by atoms with Gasteiger partial charge < -0.3 is 9.47 Å². The second-order valence-electron chi connectivity index (χ2n) is 3.77. The van der Waals surface area contributed by atoms with Crippen molar-refractivity contribution in [2.75, 3.05) is 0 Å². The molecule has 0 aliphatic rings. The molecule has 0 spiro atoms. The van der Waals surface area contributed by atoms with Crippen LogP contribution in [-0.2, 0) is 14.3 Å². The van der Waals surface area contributed by atoms with Gasteiger partial charge in [-0.3, -0.25) is 5.32 Å². The van der Waals surface area contributed by atoms with Gasteiger partial charge >= 0.3 is 24.1 Å². The molecule has 0 aliphatic carbocycles. The molecule has 0 aromatic carbocycles. The number of alkyl halides is 4. The highest BCUT2D eigenvalue weighted by Crippen LogP contribution is 2.34. The van der Waals surface area contributed by atoms with Gasteiger partial charge in [0.1, 0.15) is 0 Å². The first-order valence-corrected chi connectivity index (χ1v) is 4.98. The monoisotopic (exact) mass is 287 g/mol. The molecule has 0 bridgehead atoms. The summed E-state index contributed by atoms with van der Waals surface area (Å²) in [5.74, 6) is -5.43. The third-order valence-electron chi connectivity index (χ3n) is 1.69. The van der Waals surface area contributed by atoms with Crippen LogP contribution in [-0.4, -0.2) is 30.3 Å². The number of carbonyl (C=O) groups is 2. The zero-order valence-electron chi connectivity index (χ0n) is 10.4. The molecular formula is C10H13F4NO4. The lowest BCUT2D eigenvalue weighted by Gasteiger charge is -2.23. The van der Waals surface area contributed by atoms with E-state index in [9.17, 15) is 27.2 Å². The molecule has 9 heteroatoms. The molecule has 1 amide bonds. The van der Waals surface area contributed by atoms with Gasteiger partial charge in [-0.25, -0.2) is 9.59 Å². The number of rotatable bonds is 5. The molecule has 0 aromatic rings. The van der Waals surface area contributed by atoms with Crippen molar-refractivity contribution in [2.45, 2.75) is 39.0 Å². The molecule has 0 saturated carbocycles. The standard InChI is InChI=1S/C10H13F4NO4/c1-5(2)7(16)18-6(3)15-8(17)19-10(13,14)9(4,11)12/h6H,1H2,2-4H3,(H,15,17). The fraction of sp³-hybridized carbons (Fsp3) is 0.600. The Bertz CT molecular complexity index is 378. The average Bonchev–Trinajstić information content (AvgIpc) is 2.13. The predicted octanol–water partition coefficient (Wildman–Crippen LogP) is 2.43. The Balaban J connectivity index is 4.41. The van der Waals surface area contributed by atoms with Gasteiger partial charge in [-0.15, -0.1) is 0 Å². The van der Waals surface area contributed by atoms with Crippen LogP contribution in [0, 0.1) is 0 Å². The fourth-order valence-electron chi connectivity index (χ4n) is 0.692. The van der Waals surface area contributed by atoms with E-state index < -0.39 is 30.3 Å². The van der Waals surface area contributed by atoms with E-state index in [2.05, 4.69) is 16.1 Å². The van der Waals surface area contributed by atoms with Crippen LogP contribution in [0.5, 0.6) is 0 Å². The fourth-order valence-corrected chi connectivity index (χ4v) is 0.692. The van der Waals surface area contributed by atoms with Crippen molar-refractivity contribution in [1.82, 2.24) is 5.32 Å². The largest absolute Gasteiger partial charge is 0.467 e. The van der Waals surface area contributed by atoms with E-state index >= 15 is 0 Å². The minimum Gasteiger partial charge on any atom is -0.439 e. The first kappa shape index (κ1) is 17.2. The summed E-state index contributed by atoms with van der Waals surface area (Å²) in [6, 6.07) is 0. The molecule has 5 nitrogen and oxygen atoms in total. The molecule has 19 heavy (non-hydrogen) atoms. The number of hydrogen-bond acceptors (Lipinski definition) is 4. The first-order chi connectivity index (χ1) is 8.36. The lowest BCUT2D eigenvalue weighted by Crippen LogP contribution is -2.46. The molecule has 0 radical (unpaired) electrons. The number of ether oxygens (including phenoxy) is 2. The van der Waals surface area contributed by atoms with Crippen molar-refractivity contribution in [3.05, 3.63) is 12.2 Å². The van der Waals surface area contributed by atoms with Gasteiger partial charge in [0.05, 0.1) is 0 Å². The summed E-state index contributed by atoms with van der Waals surface area (Å²) in [5, 5.41) is 1.64. The van der Waals surface area contributed by atoms with Gasteiger partial charge in [-0.05, 0) is 13.8 Å². The first-order valence-electron chi connectivity index (χ1n) is 4.98. The van der Waals surface area contributed by atoms with Crippen LogP contribution in [0.1, 0.15) is 20.8 Å². The Morgan fingerprint density at radius 1 is 1.26 bits per heavy atom. The molecule has 0 aliphatic heterocycles. The number of alkyl carbamates (subject to hydrolysis) is 1. The quantitative estimate of drug-likeness (QED) is 0.365. The Hall–Kier alpha value is -1.80. The van der Waals surface area contributed by atoms with Gasteiger partial charge in [0.15, 0.2) is 6.23 Å². The summed E-state index contributed by atoms with van der Waals surface area (Å²) in [6.07, 6.45) is -8.18. The molecule has 0 heterocycles. The smallest absolute Gasteiger partial charge is 0.439 e. The number of hydrogen-bond donors (Lipinski definition) is 1. The van der Waals surface area contributed by atoms with Crippen molar-refractivity contribution in [3.63, 3.8) is 0 Å². The van der Waals surface area contributed by atoms with Gasteiger partial charge in [0, 0.05) is 12.5 Å². The molecular weight excluding hydrogens is 274 g/mol. The van der Waals surface area contributed by atoms with E-state index in [1.54, 1.807) is 5.32 Å². The van der Waals surface area contributed by atoms with Crippen LogP contribution in [0.15, 0.2) is 12.2 Å². The number of amides is 1. The van der Waals surface area contributed by atoms with Crippen LogP contribution in [0.4, 0.5) is 22.4 Å². The number of nitrogens with one attached hydrogen (secondary N) is 1. The maximum Gasteiger partial charge on any atom is 0.467 e. The molecule has 1 unspecified atom stereocenters. The van der Waals surface area contributed by atoms with Crippen LogP contribution in [0.3, 0.4) is 0 Å². The van der Waals surface area contributed by atoms with Crippen molar-refractivity contribution in [1.29, 1.82) is 0 Å². The highest BCUT2D eigenvalue weighted by Gasteiger charge is 2.56. The van der Waals surface area contributed by atoms with Crippen molar-refractivity contribution in [3.8, 4) is 0 Å². The Morgan fingerprint density at radius 2 is 1.74 bits per heavy atom. The molecule has 0 aromatic heterocycles. The minimum atomic E-state index is -4.98. The Kier molecular flexibility index (Phi) is 5.34. The molecule has 0 rings (SSSR count). The number of carbonyl (C=O) groups excluding carboxylic acids is 2. The third kappa shape index (κ3) is 5.58. The van der Waals surface area contributed by atoms with E-state index in [-0.39, 0.29) is 12.5 Å². The lowest BCUT2D eigenvalue weighted by atomic mass is 10.4. The predicted molar refractivity (Wildman–Crippen MR) is 55.6 cm³/mol. The molecule has 0 fully saturated rings. The van der Waals surface area contributed by atoms with E-state index in [4.69, 9.17) is 0 Å². The summed E-state index contributed by atoms with van der Waals surface area (Å²) in [6.45, 7) is 5.57. The Morgan fingerprint density at radius 3 is 2.11 bits per heavy atom. The van der Waals surface area contributed by atoms with E-state index in [1.165, 1.54) is 6.92 Å². The maximum absolute atomic E-state index is 12.7. The van der Waals surface area contributed by atoms with Crippen LogP contribution < -0.4 is 5.32 Å². The minimum absolute atomic E-state index is 0.00689. The van der Waals surface area contributed by atoms with Gasteiger partial charge in [-0.1, -0.05) is 6.58 Å². The highest BCUT2D eigenvalue weighted by molar-refractivity contribution is 5.87.